The Morgan fingerprint density at radius 2 is 1.93 bits per heavy atom. The summed E-state index contributed by atoms with van der Waals surface area (Å²) in [5.74, 6) is -0.604. The highest BCUT2D eigenvalue weighted by Crippen LogP contribution is 2.36. The summed E-state index contributed by atoms with van der Waals surface area (Å²) >= 11 is 5.55. The number of rotatable bonds is 5. The molecule has 1 amide bonds. The maximum Gasteiger partial charge on any atom is 0.417 e. The van der Waals surface area contributed by atoms with Crippen LogP contribution < -0.4 is 5.32 Å². The van der Waals surface area contributed by atoms with E-state index in [-0.39, 0.29) is 5.69 Å². The summed E-state index contributed by atoms with van der Waals surface area (Å²) in [7, 11) is 0. The van der Waals surface area contributed by atoms with Crippen molar-refractivity contribution in [2.24, 2.45) is 0 Å². The van der Waals surface area contributed by atoms with E-state index in [2.05, 4.69) is 15.6 Å². The molecule has 0 aliphatic carbocycles. The van der Waals surface area contributed by atoms with Crippen LogP contribution in [0.5, 0.6) is 0 Å². The van der Waals surface area contributed by atoms with Gasteiger partial charge in [0.2, 0.25) is 5.91 Å². The normalized spacial score (nSPS) is 11.7. The van der Waals surface area contributed by atoms with Crippen molar-refractivity contribution < 1.29 is 18.0 Å². The fraction of sp³-hybridized carbons (Fsp3) is 0.105. The van der Waals surface area contributed by atoms with Gasteiger partial charge in [-0.2, -0.15) is 13.2 Å². The van der Waals surface area contributed by atoms with Gasteiger partial charge < -0.3 is 5.32 Å². The SMILES string of the molecule is O=C(/C=C/c1cn(Cc2ccccc2)nn1)Nc1ccc(Cl)c(C(F)(F)F)c1. The Kier molecular flexibility index (Phi) is 5.79. The second-order valence-corrected chi connectivity index (χ2v) is 6.25. The minimum atomic E-state index is -4.61. The Morgan fingerprint density at radius 1 is 1.18 bits per heavy atom. The maximum atomic E-state index is 12.9. The molecule has 1 heterocycles. The van der Waals surface area contributed by atoms with Crippen molar-refractivity contribution in [3.05, 3.63) is 82.6 Å². The molecule has 0 saturated carbocycles. The fourth-order valence-corrected chi connectivity index (χ4v) is 2.63. The molecule has 0 spiro atoms. The van der Waals surface area contributed by atoms with Gasteiger partial charge in [-0.1, -0.05) is 47.1 Å². The number of halogens is 4. The summed E-state index contributed by atoms with van der Waals surface area (Å²) in [5, 5.41) is 9.82. The molecular weight excluding hydrogens is 393 g/mol. The molecule has 3 rings (SSSR count). The van der Waals surface area contributed by atoms with Crippen LogP contribution in [0.15, 0.2) is 60.8 Å². The standard InChI is InChI=1S/C19H14ClF3N4O/c20-17-8-6-14(10-16(17)19(21,22)23)24-18(28)9-7-15-12-27(26-25-15)11-13-4-2-1-3-5-13/h1-10,12H,11H2,(H,24,28)/b9-7+. The van der Waals surface area contributed by atoms with Crippen molar-refractivity contribution in [2.75, 3.05) is 5.32 Å². The van der Waals surface area contributed by atoms with Gasteiger partial charge in [0, 0.05) is 11.8 Å². The number of aromatic nitrogens is 3. The molecule has 9 heteroatoms. The van der Waals surface area contributed by atoms with Crippen LogP contribution in [0.1, 0.15) is 16.8 Å². The first-order valence-electron chi connectivity index (χ1n) is 8.11. The highest BCUT2D eigenvalue weighted by Gasteiger charge is 2.33. The van der Waals surface area contributed by atoms with Gasteiger partial charge in [-0.25, -0.2) is 4.68 Å². The number of nitrogens with zero attached hydrogens (tertiary/aromatic N) is 3. The third-order valence-electron chi connectivity index (χ3n) is 3.69. The van der Waals surface area contributed by atoms with Gasteiger partial charge in [-0.05, 0) is 29.8 Å². The van der Waals surface area contributed by atoms with Gasteiger partial charge >= 0.3 is 6.18 Å². The summed E-state index contributed by atoms with van der Waals surface area (Å²) in [6.07, 6.45) is -0.366. The van der Waals surface area contributed by atoms with E-state index in [1.54, 1.807) is 10.9 Å². The number of hydrogen-bond donors (Lipinski definition) is 1. The first-order chi connectivity index (χ1) is 13.3. The van der Waals surface area contributed by atoms with Crippen molar-refractivity contribution in [1.82, 2.24) is 15.0 Å². The predicted molar refractivity (Wildman–Crippen MR) is 99.7 cm³/mol. The zero-order chi connectivity index (χ0) is 20.1. The van der Waals surface area contributed by atoms with E-state index in [9.17, 15) is 18.0 Å². The molecule has 1 N–H and O–H groups in total. The molecular formula is C19H14ClF3N4O. The molecule has 0 aliphatic heterocycles. The van der Waals surface area contributed by atoms with Gasteiger partial charge in [0.1, 0.15) is 5.69 Å². The van der Waals surface area contributed by atoms with E-state index in [0.717, 1.165) is 17.7 Å². The largest absolute Gasteiger partial charge is 0.417 e. The lowest BCUT2D eigenvalue weighted by Gasteiger charge is -2.11. The summed E-state index contributed by atoms with van der Waals surface area (Å²) in [5.41, 5.74) is 0.459. The van der Waals surface area contributed by atoms with Crippen LogP contribution in [0.25, 0.3) is 6.08 Å². The average Bonchev–Trinajstić information content (AvgIpc) is 3.09. The Hall–Kier alpha value is -3.13. The number of benzene rings is 2. The molecule has 28 heavy (non-hydrogen) atoms. The third kappa shape index (κ3) is 5.20. The monoisotopic (exact) mass is 406 g/mol. The highest BCUT2D eigenvalue weighted by atomic mass is 35.5. The summed E-state index contributed by atoms with van der Waals surface area (Å²) in [6, 6.07) is 12.8. The van der Waals surface area contributed by atoms with Crippen LogP contribution in [-0.4, -0.2) is 20.9 Å². The zero-order valence-corrected chi connectivity index (χ0v) is 15.1. The van der Waals surface area contributed by atoms with Gasteiger partial charge in [-0.3, -0.25) is 4.79 Å². The molecule has 0 saturated heterocycles. The summed E-state index contributed by atoms with van der Waals surface area (Å²) < 4.78 is 40.2. The number of amides is 1. The molecule has 144 valence electrons. The molecule has 1 aromatic heterocycles. The van der Waals surface area contributed by atoms with Crippen molar-refractivity contribution in [2.45, 2.75) is 12.7 Å². The van der Waals surface area contributed by atoms with Crippen molar-refractivity contribution in [3.8, 4) is 0 Å². The number of nitrogens with one attached hydrogen (secondary N) is 1. The zero-order valence-electron chi connectivity index (χ0n) is 14.3. The van der Waals surface area contributed by atoms with E-state index in [0.29, 0.717) is 12.2 Å². The minimum Gasteiger partial charge on any atom is -0.322 e. The van der Waals surface area contributed by atoms with Gasteiger partial charge in [0.15, 0.2) is 0 Å². The summed E-state index contributed by atoms with van der Waals surface area (Å²) in [4.78, 5) is 12.0. The van der Waals surface area contributed by atoms with Crippen molar-refractivity contribution in [1.29, 1.82) is 0 Å². The van der Waals surface area contributed by atoms with E-state index >= 15 is 0 Å². The highest BCUT2D eigenvalue weighted by molar-refractivity contribution is 6.31. The second-order valence-electron chi connectivity index (χ2n) is 5.84. The predicted octanol–water partition coefficient (Wildman–Crippen LogP) is 4.65. The van der Waals surface area contributed by atoms with Crippen LogP contribution >= 0.6 is 11.6 Å². The van der Waals surface area contributed by atoms with Crippen LogP contribution in [0.4, 0.5) is 18.9 Å². The maximum absolute atomic E-state index is 12.9. The number of hydrogen-bond acceptors (Lipinski definition) is 3. The molecule has 0 fully saturated rings. The molecule has 5 nitrogen and oxygen atoms in total. The van der Waals surface area contributed by atoms with Crippen LogP contribution in [0, 0.1) is 0 Å². The van der Waals surface area contributed by atoms with Crippen molar-refractivity contribution in [3.63, 3.8) is 0 Å². The number of carbonyl (C=O) groups is 1. The van der Waals surface area contributed by atoms with Crippen LogP contribution in [-0.2, 0) is 17.5 Å². The molecule has 0 atom stereocenters. The van der Waals surface area contributed by atoms with E-state index in [4.69, 9.17) is 11.6 Å². The van der Waals surface area contributed by atoms with Gasteiger partial charge in [-0.15, -0.1) is 5.10 Å². The lowest BCUT2D eigenvalue weighted by atomic mass is 10.2. The molecule has 0 unspecified atom stereocenters. The average molecular weight is 407 g/mol. The topological polar surface area (TPSA) is 59.8 Å². The lowest BCUT2D eigenvalue weighted by Crippen LogP contribution is -2.11. The van der Waals surface area contributed by atoms with Crippen molar-refractivity contribution >= 4 is 29.3 Å². The van der Waals surface area contributed by atoms with Gasteiger partial charge in [0.25, 0.3) is 0 Å². The Bertz CT molecular complexity index is 1000. The van der Waals surface area contributed by atoms with E-state index in [1.807, 2.05) is 30.3 Å². The fourth-order valence-electron chi connectivity index (χ4n) is 2.40. The third-order valence-corrected chi connectivity index (χ3v) is 4.02. The molecule has 2 aromatic carbocycles. The lowest BCUT2D eigenvalue weighted by molar-refractivity contribution is -0.137. The minimum absolute atomic E-state index is 0.0147. The Morgan fingerprint density at radius 3 is 2.64 bits per heavy atom. The molecule has 3 aromatic rings. The number of alkyl halides is 3. The smallest absolute Gasteiger partial charge is 0.322 e. The van der Waals surface area contributed by atoms with Crippen LogP contribution in [0.2, 0.25) is 5.02 Å². The first-order valence-corrected chi connectivity index (χ1v) is 8.49. The Labute approximate surface area is 163 Å². The van der Waals surface area contributed by atoms with E-state index in [1.165, 1.54) is 18.2 Å². The quantitative estimate of drug-likeness (QED) is 0.627. The van der Waals surface area contributed by atoms with Crippen LogP contribution in [0.3, 0.4) is 0 Å². The van der Waals surface area contributed by atoms with E-state index < -0.39 is 22.7 Å². The number of carbonyl (C=O) groups excluding carboxylic acids is 1. The van der Waals surface area contributed by atoms with Gasteiger partial charge in [0.05, 0.1) is 23.3 Å². The second kappa shape index (κ2) is 8.26. The molecule has 0 radical (unpaired) electrons. The molecule has 0 bridgehead atoms. The molecule has 0 aliphatic rings. The Balaban J connectivity index is 1.63. The summed E-state index contributed by atoms with van der Waals surface area (Å²) in [6.45, 7) is 0.527. The first kappa shape index (κ1) is 19.6. The number of anilines is 1.